The van der Waals surface area contributed by atoms with Crippen LogP contribution in [0.5, 0.6) is 0 Å². The van der Waals surface area contributed by atoms with E-state index in [2.05, 4.69) is 121 Å². The van der Waals surface area contributed by atoms with Gasteiger partial charge in [-0.2, -0.15) is 0 Å². The van der Waals surface area contributed by atoms with Crippen LogP contribution < -0.4 is 0 Å². The van der Waals surface area contributed by atoms with Crippen molar-refractivity contribution in [1.29, 1.82) is 0 Å². The molecule has 0 saturated heterocycles. The minimum Gasteiger partial charge on any atom is -0.456 e. The molecule has 0 aliphatic rings. The minimum absolute atomic E-state index is 0.602. The lowest BCUT2D eigenvalue weighted by atomic mass is 9.95. The number of nitrogens with zero attached hydrogens (tertiary/aromatic N) is 4. The molecule has 58 heavy (non-hydrogen) atoms. The van der Waals surface area contributed by atoms with Crippen LogP contribution in [-0.4, -0.2) is 19.9 Å². The monoisotopic (exact) mass is 758 g/mol. The van der Waals surface area contributed by atoms with E-state index < -0.39 is 0 Å². The van der Waals surface area contributed by atoms with Crippen molar-refractivity contribution < 1.29 is 4.42 Å². The lowest BCUT2D eigenvalue weighted by molar-refractivity contribution is 0.669. The number of furan rings is 1. The third kappa shape index (κ3) is 5.23. The Morgan fingerprint density at radius 3 is 1.78 bits per heavy atom. The zero-order chi connectivity index (χ0) is 38.2. The zero-order valence-electron chi connectivity index (χ0n) is 30.9. The topological polar surface area (TPSA) is 64.7 Å². The third-order valence-corrected chi connectivity index (χ3v) is 12.3. The van der Waals surface area contributed by atoms with Gasteiger partial charge in [0.25, 0.3) is 0 Å². The Bertz CT molecular complexity index is 3560. The Labute approximate surface area is 336 Å². The summed E-state index contributed by atoms with van der Waals surface area (Å²) in [6.07, 6.45) is 0. The summed E-state index contributed by atoms with van der Waals surface area (Å²) in [7, 11) is 0. The molecule has 8 aromatic carbocycles. The summed E-state index contributed by atoms with van der Waals surface area (Å²) in [5, 5.41) is 8.13. The maximum Gasteiger partial charge on any atom is 0.164 e. The van der Waals surface area contributed by atoms with Gasteiger partial charge in [-0.1, -0.05) is 146 Å². The molecule has 270 valence electrons. The highest BCUT2D eigenvalue weighted by Gasteiger charge is 2.19. The second-order valence-corrected chi connectivity index (χ2v) is 15.6. The molecule has 0 spiro atoms. The molecule has 0 N–H and O–H groups in total. The quantitative estimate of drug-likeness (QED) is 0.164. The fraction of sp³-hybridized carbons (Fsp3) is 0. The maximum absolute atomic E-state index is 6.23. The van der Waals surface area contributed by atoms with E-state index in [4.69, 9.17) is 24.4 Å². The molecule has 0 atom stereocenters. The van der Waals surface area contributed by atoms with Crippen LogP contribution in [-0.2, 0) is 0 Å². The molecule has 12 rings (SSSR count). The largest absolute Gasteiger partial charge is 0.456 e. The van der Waals surface area contributed by atoms with E-state index >= 15 is 0 Å². The van der Waals surface area contributed by atoms with E-state index in [1.165, 1.54) is 30.9 Å². The highest BCUT2D eigenvalue weighted by atomic mass is 32.1. The molecule has 0 saturated carbocycles. The fourth-order valence-electron chi connectivity index (χ4n) is 8.42. The minimum atomic E-state index is 0.602. The van der Waals surface area contributed by atoms with Crippen molar-refractivity contribution in [3.63, 3.8) is 0 Å². The number of hydrogen-bond acceptors (Lipinski definition) is 6. The molecule has 5 nitrogen and oxygen atoms in total. The number of fused-ring (bicyclic) bond motifs is 10. The molecular weight excluding hydrogens is 729 g/mol. The second-order valence-electron chi connectivity index (χ2n) is 14.5. The summed E-state index contributed by atoms with van der Waals surface area (Å²) < 4.78 is 8.76. The van der Waals surface area contributed by atoms with Gasteiger partial charge in [-0.3, -0.25) is 0 Å². The number of thiophene rings is 1. The predicted molar refractivity (Wildman–Crippen MR) is 240 cm³/mol. The number of benzene rings is 8. The molecule has 0 radical (unpaired) electrons. The summed E-state index contributed by atoms with van der Waals surface area (Å²) in [4.78, 5) is 20.4. The van der Waals surface area contributed by atoms with Crippen LogP contribution in [0.15, 0.2) is 186 Å². The summed E-state index contributed by atoms with van der Waals surface area (Å²) in [6, 6.07) is 63.3. The molecule has 0 aliphatic carbocycles. The summed E-state index contributed by atoms with van der Waals surface area (Å²) >= 11 is 1.84. The number of rotatable bonds is 5. The molecule has 0 aliphatic heterocycles. The molecule has 0 fully saturated rings. The van der Waals surface area contributed by atoms with Gasteiger partial charge in [0.05, 0.1) is 11.2 Å². The average molecular weight is 759 g/mol. The van der Waals surface area contributed by atoms with Gasteiger partial charge in [0.15, 0.2) is 17.5 Å². The van der Waals surface area contributed by atoms with Gasteiger partial charge in [-0.05, 0) is 47.5 Å². The van der Waals surface area contributed by atoms with Crippen LogP contribution >= 0.6 is 11.3 Å². The summed E-state index contributed by atoms with van der Waals surface area (Å²) in [5.41, 5.74) is 9.78. The number of hydrogen-bond donors (Lipinski definition) is 0. The lowest BCUT2D eigenvalue weighted by Gasteiger charge is -2.12. The molecule has 0 amide bonds. The van der Waals surface area contributed by atoms with E-state index in [1.54, 1.807) is 0 Å². The molecule has 0 bridgehead atoms. The van der Waals surface area contributed by atoms with Gasteiger partial charge in [0.2, 0.25) is 0 Å². The van der Waals surface area contributed by atoms with Gasteiger partial charge < -0.3 is 4.42 Å². The molecule has 4 aromatic heterocycles. The van der Waals surface area contributed by atoms with E-state index in [1.807, 2.05) is 72.0 Å². The third-order valence-electron chi connectivity index (χ3n) is 11.1. The molecule has 12 aromatic rings. The molecular formula is C52H30N4OS. The maximum atomic E-state index is 6.23. The van der Waals surface area contributed by atoms with Gasteiger partial charge in [0.1, 0.15) is 11.2 Å². The van der Waals surface area contributed by atoms with Crippen LogP contribution in [0.1, 0.15) is 0 Å². The summed E-state index contributed by atoms with van der Waals surface area (Å²) in [5.74, 6) is 1.83. The van der Waals surface area contributed by atoms with Crippen LogP contribution in [0, 0.1) is 0 Å². The summed E-state index contributed by atoms with van der Waals surface area (Å²) in [6.45, 7) is 0. The van der Waals surface area contributed by atoms with Gasteiger partial charge in [0, 0.05) is 69.4 Å². The van der Waals surface area contributed by atoms with E-state index in [9.17, 15) is 0 Å². The van der Waals surface area contributed by atoms with Gasteiger partial charge >= 0.3 is 0 Å². The first-order chi connectivity index (χ1) is 28.7. The standard InChI is InChI=1S/C52H30N4OS/c1-3-12-32(13-4-1)49-38-27-29-45-48(47(38)36-16-7-9-19-41(36)53-49)40-30-35(26-28-44(40)58-45)31-22-24-34(25-23-31)51-54-50(33-14-5-2-6-15-33)55-52(56-51)39-18-11-21-43-46(39)37-17-8-10-20-42(37)57-43/h1-30H. The van der Waals surface area contributed by atoms with Gasteiger partial charge in [-0.15, -0.1) is 11.3 Å². The van der Waals surface area contributed by atoms with Crippen molar-refractivity contribution in [2.24, 2.45) is 0 Å². The first-order valence-electron chi connectivity index (χ1n) is 19.3. The molecule has 0 unspecified atom stereocenters. The Kier molecular flexibility index (Phi) is 7.33. The van der Waals surface area contributed by atoms with E-state index in [0.717, 1.165) is 71.9 Å². The number of para-hydroxylation sites is 2. The fourth-order valence-corrected chi connectivity index (χ4v) is 9.51. The van der Waals surface area contributed by atoms with E-state index in [-0.39, 0.29) is 0 Å². The first-order valence-corrected chi connectivity index (χ1v) is 20.1. The lowest BCUT2D eigenvalue weighted by Crippen LogP contribution is -2.00. The van der Waals surface area contributed by atoms with Crippen molar-refractivity contribution in [3.8, 4) is 56.5 Å². The highest BCUT2D eigenvalue weighted by Crippen LogP contribution is 2.44. The van der Waals surface area contributed by atoms with Crippen LogP contribution in [0.25, 0.3) is 120 Å². The highest BCUT2D eigenvalue weighted by molar-refractivity contribution is 7.26. The van der Waals surface area contributed by atoms with Crippen LogP contribution in [0.2, 0.25) is 0 Å². The van der Waals surface area contributed by atoms with E-state index in [0.29, 0.717) is 17.5 Å². The Morgan fingerprint density at radius 2 is 0.966 bits per heavy atom. The zero-order valence-corrected chi connectivity index (χ0v) is 31.7. The Balaban J connectivity index is 1.000. The van der Waals surface area contributed by atoms with Crippen molar-refractivity contribution >= 4 is 75.1 Å². The Morgan fingerprint density at radius 1 is 0.345 bits per heavy atom. The van der Waals surface area contributed by atoms with Crippen LogP contribution in [0.3, 0.4) is 0 Å². The normalized spacial score (nSPS) is 11.8. The van der Waals surface area contributed by atoms with Crippen molar-refractivity contribution in [2.75, 3.05) is 0 Å². The van der Waals surface area contributed by atoms with Crippen molar-refractivity contribution in [1.82, 2.24) is 19.9 Å². The molecule has 6 heteroatoms. The number of pyridine rings is 1. The second kappa shape index (κ2) is 13.0. The SMILES string of the molecule is c1ccc(-c2nc(-c3ccc(-c4ccc5sc6ccc7c(-c8ccccc8)nc8ccccc8c7c6c5c4)cc3)nc(-c3cccc4oc5ccccc5c34)n2)cc1. The Hall–Kier alpha value is -7.54. The smallest absolute Gasteiger partial charge is 0.164 e. The first kappa shape index (κ1) is 32.7. The van der Waals surface area contributed by atoms with Gasteiger partial charge in [-0.25, -0.2) is 19.9 Å². The van der Waals surface area contributed by atoms with Crippen molar-refractivity contribution in [3.05, 3.63) is 182 Å². The van der Waals surface area contributed by atoms with Crippen LogP contribution in [0.4, 0.5) is 0 Å². The number of aromatic nitrogens is 4. The average Bonchev–Trinajstić information content (AvgIpc) is 3.87. The van der Waals surface area contributed by atoms with Crippen molar-refractivity contribution in [2.45, 2.75) is 0 Å². The molecule has 4 heterocycles. The predicted octanol–water partition coefficient (Wildman–Crippen LogP) is 14.2.